The van der Waals surface area contributed by atoms with Gasteiger partial charge in [-0.05, 0) is 24.3 Å². The highest BCUT2D eigenvalue weighted by Gasteiger charge is 2.11. The molecule has 0 unspecified atom stereocenters. The summed E-state index contributed by atoms with van der Waals surface area (Å²) in [6, 6.07) is 7.05. The zero-order chi connectivity index (χ0) is 13.1. The Hall–Kier alpha value is -2.30. The third kappa shape index (κ3) is 2.34. The normalized spacial score (nSPS) is 11.6. The summed E-state index contributed by atoms with van der Waals surface area (Å²) in [4.78, 5) is 4.06. The third-order valence-corrected chi connectivity index (χ3v) is 2.68. The Bertz CT molecular complexity index is 551. The average Bonchev–Trinajstić information content (AvgIpc) is 2.70. The Labute approximate surface area is 106 Å². The number of benzene rings is 1. The summed E-state index contributed by atoms with van der Waals surface area (Å²) in [5, 5.41) is 12.0. The van der Waals surface area contributed by atoms with Gasteiger partial charge in [0.2, 0.25) is 0 Å². The van der Waals surface area contributed by atoms with Gasteiger partial charge in [0.05, 0.1) is 32.8 Å². The van der Waals surface area contributed by atoms with Crippen LogP contribution in [0.15, 0.2) is 41.7 Å². The van der Waals surface area contributed by atoms with Gasteiger partial charge in [-0.15, -0.1) is 0 Å². The summed E-state index contributed by atoms with van der Waals surface area (Å²) in [6.07, 6.45) is 3.63. The second-order valence-corrected chi connectivity index (χ2v) is 3.96. The van der Waals surface area contributed by atoms with Crippen LogP contribution in [0.25, 0.3) is 0 Å². The van der Waals surface area contributed by atoms with E-state index in [0.29, 0.717) is 11.5 Å². The molecule has 2 rings (SSSR count). The van der Waals surface area contributed by atoms with Crippen molar-refractivity contribution in [1.82, 2.24) is 4.57 Å². The minimum atomic E-state index is -0.268. The maximum Gasteiger partial charge on any atom is 0.292 e. The monoisotopic (exact) mass is 245 g/mol. The van der Waals surface area contributed by atoms with E-state index >= 15 is 0 Å². The molecule has 0 N–H and O–H groups in total. The molecule has 0 spiro atoms. The van der Waals surface area contributed by atoms with Crippen LogP contribution in [0.4, 0.5) is 5.69 Å². The van der Waals surface area contributed by atoms with E-state index < -0.39 is 0 Å². The lowest BCUT2D eigenvalue weighted by Crippen LogP contribution is -2.39. The van der Waals surface area contributed by atoms with Crippen molar-refractivity contribution < 1.29 is 14.4 Å². The van der Waals surface area contributed by atoms with Gasteiger partial charge in [0.15, 0.2) is 0 Å². The molecule has 0 radical (unpaired) electrons. The van der Waals surface area contributed by atoms with Gasteiger partial charge in [-0.25, -0.2) is 9.13 Å². The summed E-state index contributed by atoms with van der Waals surface area (Å²) in [6.45, 7) is 0. The first kappa shape index (κ1) is 12.2. The molecular weight excluding hydrogens is 230 g/mol. The molecule has 0 saturated heterocycles. The van der Waals surface area contributed by atoms with E-state index in [1.165, 1.54) is 0 Å². The number of methoxy groups -OCH3 is 1. The average molecular weight is 245 g/mol. The number of aryl methyl sites for hydroxylation is 2. The Morgan fingerprint density at radius 1 is 1.33 bits per heavy atom. The van der Waals surface area contributed by atoms with Gasteiger partial charge in [-0.2, -0.15) is 0 Å². The van der Waals surface area contributed by atoms with Gasteiger partial charge in [-0.1, -0.05) is 0 Å². The van der Waals surface area contributed by atoms with Crippen LogP contribution in [-0.4, -0.2) is 17.6 Å². The number of hydrogen-bond donors (Lipinski definition) is 0. The van der Waals surface area contributed by atoms with Crippen molar-refractivity contribution in [2.24, 2.45) is 19.1 Å². The van der Waals surface area contributed by atoms with Crippen molar-refractivity contribution in [2.45, 2.75) is 0 Å². The van der Waals surface area contributed by atoms with E-state index in [0.717, 1.165) is 5.75 Å². The molecule has 0 amide bonds. The summed E-state index contributed by atoms with van der Waals surface area (Å²) in [7, 11) is 5.23. The van der Waals surface area contributed by atoms with Crippen molar-refractivity contribution in [1.29, 1.82) is 0 Å². The Morgan fingerprint density at radius 3 is 2.50 bits per heavy atom. The second kappa shape index (κ2) is 4.91. The van der Waals surface area contributed by atoms with Crippen LogP contribution in [0, 0.1) is 0 Å². The van der Waals surface area contributed by atoms with Gasteiger partial charge >= 0.3 is 0 Å². The SMILES string of the molecule is COc1ccc(/N=C(\[O-])c2n(C)cc[n+]2C)cc1. The molecule has 0 aliphatic heterocycles. The molecule has 5 nitrogen and oxygen atoms in total. The molecule has 18 heavy (non-hydrogen) atoms. The Balaban J connectivity index is 2.32. The van der Waals surface area contributed by atoms with Crippen molar-refractivity contribution in [3.8, 4) is 5.75 Å². The quantitative estimate of drug-likeness (QED) is 0.443. The molecule has 0 aliphatic rings. The first-order valence-electron chi connectivity index (χ1n) is 5.53. The fourth-order valence-electron chi connectivity index (χ4n) is 1.72. The van der Waals surface area contributed by atoms with Crippen molar-refractivity contribution in [2.75, 3.05) is 7.11 Å². The van der Waals surface area contributed by atoms with Crippen LogP contribution < -0.4 is 14.4 Å². The van der Waals surface area contributed by atoms with Gasteiger partial charge in [-0.3, -0.25) is 4.99 Å². The first-order valence-corrected chi connectivity index (χ1v) is 5.53. The largest absolute Gasteiger partial charge is 0.853 e. The third-order valence-electron chi connectivity index (χ3n) is 2.68. The van der Waals surface area contributed by atoms with Crippen LogP contribution in [0.5, 0.6) is 5.75 Å². The Morgan fingerprint density at radius 2 is 2.00 bits per heavy atom. The molecule has 1 heterocycles. The summed E-state index contributed by atoms with van der Waals surface area (Å²) >= 11 is 0. The van der Waals surface area contributed by atoms with Crippen molar-refractivity contribution in [3.05, 3.63) is 42.5 Å². The van der Waals surface area contributed by atoms with Crippen molar-refractivity contribution >= 4 is 11.6 Å². The number of nitrogens with zero attached hydrogens (tertiary/aromatic N) is 3. The molecule has 94 valence electrons. The number of ether oxygens (including phenoxy) is 1. The molecule has 1 aromatic carbocycles. The van der Waals surface area contributed by atoms with Gasteiger partial charge in [0, 0.05) is 0 Å². The number of aromatic nitrogens is 2. The van der Waals surface area contributed by atoms with Crippen LogP contribution in [0.3, 0.4) is 0 Å². The molecule has 2 aromatic rings. The molecule has 5 heteroatoms. The van der Waals surface area contributed by atoms with Crippen molar-refractivity contribution in [3.63, 3.8) is 0 Å². The van der Waals surface area contributed by atoms with Crippen LogP contribution in [-0.2, 0) is 14.1 Å². The predicted octanol–water partition coefficient (Wildman–Crippen LogP) is 0.297. The number of aliphatic imine (C=N–C) groups is 1. The van der Waals surface area contributed by atoms with E-state index in [-0.39, 0.29) is 5.90 Å². The molecule has 0 fully saturated rings. The summed E-state index contributed by atoms with van der Waals surface area (Å²) in [5.74, 6) is 1.01. The van der Waals surface area contributed by atoms with E-state index in [1.807, 2.05) is 26.5 Å². The molecule has 0 bridgehead atoms. The Kier molecular flexibility index (Phi) is 3.32. The topological polar surface area (TPSA) is 53.5 Å². The number of hydrogen-bond acceptors (Lipinski definition) is 3. The van der Waals surface area contributed by atoms with Crippen LogP contribution in [0.1, 0.15) is 5.82 Å². The lowest BCUT2D eigenvalue weighted by atomic mass is 10.3. The van der Waals surface area contributed by atoms with E-state index in [9.17, 15) is 5.11 Å². The molecule has 0 atom stereocenters. The second-order valence-electron chi connectivity index (χ2n) is 3.96. The maximum absolute atomic E-state index is 12.0. The number of rotatable bonds is 3. The van der Waals surface area contributed by atoms with Gasteiger partial charge < -0.3 is 9.84 Å². The van der Waals surface area contributed by atoms with E-state index in [4.69, 9.17) is 4.74 Å². The lowest BCUT2D eigenvalue weighted by molar-refractivity contribution is -0.674. The first-order chi connectivity index (χ1) is 8.61. The smallest absolute Gasteiger partial charge is 0.292 e. The molecule has 1 aromatic heterocycles. The van der Waals surface area contributed by atoms with Gasteiger partial charge in [0.1, 0.15) is 18.1 Å². The highest BCUT2D eigenvalue weighted by Crippen LogP contribution is 2.17. The van der Waals surface area contributed by atoms with E-state index in [2.05, 4.69) is 4.99 Å². The van der Waals surface area contributed by atoms with Crippen LogP contribution in [0.2, 0.25) is 0 Å². The zero-order valence-electron chi connectivity index (χ0n) is 10.6. The minimum Gasteiger partial charge on any atom is -0.853 e. The fraction of sp³-hybridized carbons (Fsp3) is 0.231. The maximum atomic E-state index is 12.0. The fourth-order valence-corrected chi connectivity index (χ4v) is 1.72. The molecule has 0 aliphatic carbocycles. The highest BCUT2D eigenvalue weighted by atomic mass is 16.5. The predicted molar refractivity (Wildman–Crippen MR) is 65.8 cm³/mol. The zero-order valence-corrected chi connectivity index (χ0v) is 10.6. The molecular formula is C13H15N3O2. The number of imidazole rings is 1. The highest BCUT2D eigenvalue weighted by molar-refractivity contribution is 5.87. The molecule has 0 saturated carbocycles. The van der Waals surface area contributed by atoms with E-state index in [1.54, 1.807) is 40.5 Å². The summed E-state index contributed by atoms with van der Waals surface area (Å²) in [5.41, 5.74) is 0.613. The summed E-state index contributed by atoms with van der Waals surface area (Å²) < 4.78 is 8.54. The minimum absolute atomic E-state index is 0.268. The lowest BCUT2D eigenvalue weighted by Gasteiger charge is -2.07. The van der Waals surface area contributed by atoms with Crippen LogP contribution >= 0.6 is 0 Å². The van der Waals surface area contributed by atoms with Gasteiger partial charge in [0.25, 0.3) is 5.82 Å². The standard InChI is InChI=1S/C13H15N3O2/c1-15-8-9-16(2)13(15)12(17)14-10-4-6-11(18-3)7-5-10/h4-9H,1-3H3.